The van der Waals surface area contributed by atoms with Gasteiger partial charge in [0, 0.05) is 6.04 Å². The molecule has 0 aromatic heterocycles. The predicted molar refractivity (Wildman–Crippen MR) is 64.5 cm³/mol. The molecule has 0 heterocycles. The third-order valence-electron chi connectivity index (χ3n) is 3.45. The summed E-state index contributed by atoms with van der Waals surface area (Å²) >= 11 is 0. The van der Waals surface area contributed by atoms with Crippen molar-refractivity contribution in [2.75, 3.05) is 0 Å². The monoisotopic (exact) mass is 242 g/mol. The van der Waals surface area contributed by atoms with Crippen LogP contribution in [0.1, 0.15) is 51.9 Å². The first-order valence-corrected chi connectivity index (χ1v) is 6.29. The van der Waals surface area contributed by atoms with Crippen molar-refractivity contribution in [1.29, 1.82) is 0 Å². The molecule has 0 radical (unpaired) electrons. The lowest BCUT2D eigenvalue weighted by Gasteiger charge is -2.33. The maximum atomic E-state index is 12.0. The number of carbonyl (C=O) groups is 2. The van der Waals surface area contributed by atoms with E-state index in [9.17, 15) is 9.59 Å². The molecule has 98 valence electrons. The molecule has 4 N–H and O–H groups in total. The van der Waals surface area contributed by atoms with Gasteiger partial charge in [0.25, 0.3) is 0 Å². The number of carboxylic acids is 1. The molecule has 1 unspecified atom stereocenters. The molecule has 1 rings (SSSR count). The second kappa shape index (κ2) is 6.00. The van der Waals surface area contributed by atoms with Crippen LogP contribution in [0.15, 0.2) is 0 Å². The van der Waals surface area contributed by atoms with Crippen molar-refractivity contribution >= 4 is 11.9 Å². The van der Waals surface area contributed by atoms with Gasteiger partial charge in [0.15, 0.2) is 0 Å². The van der Waals surface area contributed by atoms with Gasteiger partial charge in [-0.3, -0.25) is 9.59 Å². The van der Waals surface area contributed by atoms with Gasteiger partial charge in [0.2, 0.25) is 5.91 Å². The van der Waals surface area contributed by atoms with Crippen LogP contribution in [0.3, 0.4) is 0 Å². The Morgan fingerprint density at radius 1 is 1.35 bits per heavy atom. The standard InChI is InChI=1S/C12H22N2O3/c1-2-9(8-10(15)16)14-11(17)12(13)6-4-3-5-7-12/h9H,2-8,13H2,1H3,(H,14,17)(H,15,16). The van der Waals surface area contributed by atoms with Crippen molar-refractivity contribution in [3.05, 3.63) is 0 Å². The Bertz CT molecular complexity index is 285. The van der Waals surface area contributed by atoms with Crippen LogP contribution in [-0.4, -0.2) is 28.6 Å². The van der Waals surface area contributed by atoms with Gasteiger partial charge in [-0.15, -0.1) is 0 Å². The maximum absolute atomic E-state index is 12.0. The molecule has 0 bridgehead atoms. The zero-order valence-electron chi connectivity index (χ0n) is 10.4. The second-order valence-electron chi connectivity index (χ2n) is 4.89. The predicted octanol–water partition coefficient (Wildman–Crippen LogP) is 1.02. The van der Waals surface area contributed by atoms with Crippen molar-refractivity contribution in [3.8, 4) is 0 Å². The minimum absolute atomic E-state index is 0.0433. The van der Waals surface area contributed by atoms with Crippen LogP contribution in [0.2, 0.25) is 0 Å². The molecular formula is C12H22N2O3. The lowest BCUT2D eigenvalue weighted by Crippen LogP contribution is -2.57. The van der Waals surface area contributed by atoms with E-state index in [-0.39, 0.29) is 18.4 Å². The molecule has 1 saturated carbocycles. The topological polar surface area (TPSA) is 92.4 Å². The quantitative estimate of drug-likeness (QED) is 0.671. The number of hydrogen-bond donors (Lipinski definition) is 3. The largest absolute Gasteiger partial charge is 0.481 e. The van der Waals surface area contributed by atoms with Gasteiger partial charge in [-0.1, -0.05) is 26.2 Å². The minimum Gasteiger partial charge on any atom is -0.481 e. The fourth-order valence-electron chi connectivity index (χ4n) is 2.25. The summed E-state index contributed by atoms with van der Waals surface area (Å²) in [5.41, 5.74) is 5.29. The number of nitrogens with one attached hydrogen (secondary N) is 1. The van der Waals surface area contributed by atoms with E-state index in [1.807, 2.05) is 6.92 Å². The Hall–Kier alpha value is -1.10. The molecule has 0 saturated heterocycles. The highest BCUT2D eigenvalue weighted by Crippen LogP contribution is 2.26. The van der Waals surface area contributed by atoms with Crippen LogP contribution >= 0.6 is 0 Å². The molecule has 17 heavy (non-hydrogen) atoms. The van der Waals surface area contributed by atoms with Crippen LogP contribution in [-0.2, 0) is 9.59 Å². The second-order valence-corrected chi connectivity index (χ2v) is 4.89. The van der Waals surface area contributed by atoms with Crippen LogP contribution in [0.5, 0.6) is 0 Å². The highest BCUT2D eigenvalue weighted by atomic mass is 16.4. The first kappa shape index (κ1) is 14.0. The molecule has 1 fully saturated rings. The third kappa shape index (κ3) is 4.00. The Balaban J connectivity index is 2.53. The van der Waals surface area contributed by atoms with Crippen LogP contribution in [0.25, 0.3) is 0 Å². The number of nitrogens with two attached hydrogens (primary N) is 1. The summed E-state index contributed by atoms with van der Waals surface area (Å²) in [4.78, 5) is 22.7. The Morgan fingerprint density at radius 2 is 1.94 bits per heavy atom. The van der Waals surface area contributed by atoms with E-state index < -0.39 is 11.5 Å². The molecule has 0 aromatic rings. The molecule has 0 aromatic carbocycles. The summed E-state index contributed by atoms with van der Waals surface area (Å²) in [5, 5.41) is 11.5. The van der Waals surface area contributed by atoms with E-state index in [4.69, 9.17) is 10.8 Å². The SMILES string of the molecule is CCC(CC(=O)O)NC(=O)C1(N)CCCCC1. The van der Waals surface area contributed by atoms with Gasteiger partial charge in [0.05, 0.1) is 12.0 Å². The highest BCUT2D eigenvalue weighted by Gasteiger charge is 2.36. The van der Waals surface area contributed by atoms with Gasteiger partial charge >= 0.3 is 5.97 Å². The van der Waals surface area contributed by atoms with Crippen LogP contribution in [0.4, 0.5) is 0 Å². The smallest absolute Gasteiger partial charge is 0.305 e. The number of carbonyl (C=O) groups excluding carboxylic acids is 1. The Kier molecular flexibility index (Phi) is 4.93. The van der Waals surface area contributed by atoms with Crippen LogP contribution in [0, 0.1) is 0 Å². The zero-order valence-corrected chi connectivity index (χ0v) is 10.4. The van der Waals surface area contributed by atoms with Gasteiger partial charge in [-0.25, -0.2) is 0 Å². The molecule has 5 heteroatoms. The number of hydrogen-bond acceptors (Lipinski definition) is 3. The summed E-state index contributed by atoms with van der Waals surface area (Å²) in [6.45, 7) is 1.86. The van der Waals surface area contributed by atoms with Crippen molar-refractivity contribution in [2.24, 2.45) is 5.73 Å². The van der Waals surface area contributed by atoms with Crippen molar-refractivity contribution in [3.63, 3.8) is 0 Å². The third-order valence-corrected chi connectivity index (χ3v) is 3.45. The zero-order chi connectivity index (χ0) is 12.9. The van der Waals surface area contributed by atoms with Gasteiger partial charge in [-0.2, -0.15) is 0 Å². The number of aliphatic carboxylic acids is 1. The average molecular weight is 242 g/mol. The molecule has 5 nitrogen and oxygen atoms in total. The number of rotatable bonds is 5. The van der Waals surface area contributed by atoms with Crippen molar-refractivity contribution in [2.45, 2.75) is 63.5 Å². The average Bonchev–Trinajstić information content (AvgIpc) is 2.28. The summed E-state index contributed by atoms with van der Waals surface area (Å²) in [7, 11) is 0. The lowest BCUT2D eigenvalue weighted by atomic mass is 9.81. The van der Waals surface area contributed by atoms with E-state index >= 15 is 0 Å². The lowest BCUT2D eigenvalue weighted by molar-refractivity contribution is -0.138. The molecule has 0 spiro atoms. The van der Waals surface area contributed by atoms with Gasteiger partial charge in [0.1, 0.15) is 0 Å². The van der Waals surface area contributed by atoms with Crippen LogP contribution < -0.4 is 11.1 Å². The van der Waals surface area contributed by atoms with Gasteiger partial charge in [-0.05, 0) is 19.3 Å². The molecule has 1 aliphatic carbocycles. The minimum atomic E-state index is -0.896. The molecular weight excluding hydrogens is 220 g/mol. The maximum Gasteiger partial charge on any atom is 0.305 e. The van der Waals surface area contributed by atoms with E-state index in [1.165, 1.54) is 0 Å². The number of carboxylic acid groups (broad SMARTS) is 1. The first-order chi connectivity index (χ1) is 7.98. The van der Waals surface area contributed by atoms with Crippen molar-refractivity contribution in [1.82, 2.24) is 5.32 Å². The van der Waals surface area contributed by atoms with E-state index in [0.717, 1.165) is 19.3 Å². The summed E-state index contributed by atoms with van der Waals surface area (Å²) < 4.78 is 0. The summed E-state index contributed by atoms with van der Waals surface area (Å²) in [5.74, 6) is -1.09. The van der Waals surface area contributed by atoms with E-state index in [2.05, 4.69) is 5.32 Å². The molecule has 1 atom stereocenters. The van der Waals surface area contributed by atoms with E-state index in [0.29, 0.717) is 19.3 Å². The Labute approximate surface area is 102 Å². The first-order valence-electron chi connectivity index (χ1n) is 6.29. The van der Waals surface area contributed by atoms with Gasteiger partial charge < -0.3 is 16.2 Å². The van der Waals surface area contributed by atoms with Crippen molar-refractivity contribution < 1.29 is 14.7 Å². The highest BCUT2D eigenvalue weighted by molar-refractivity contribution is 5.86. The Morgan fingerprint density at radius 3 is 2.41 bits per heavy atom. The molecule has 0 aliphatic heterocycles. The molecule has 1 amide bonds. The molecule has 1 aliphatic rings. The normalized spacial score (nSPS) is 20.6. The number of amides is 1. The van der Waals surface area contributed by atoms with E-state index in [1.54, 1.807) is 0 Å². The fourth-order valence-corrected chi connectivity index (χ4v) is 2.25. The fraction of sp³-hybridized carbons (Fsp3) is 0.833. The summed E-state index contributed by atoms with van der Waals surface area (Å²) in [6.07, 6.45) is 5.02. The summed E-state index contributed by atoms with van der Waals surface area (Å²) in [6, 6.07) is -0.317.